The molecule has 0 aliphatic carbocycles. The fourth-order valence-electron chi connectivity index (χ4n) is 2.65. The van der Waals surface area contributed by atoms with E-state index in [1.807, 2.05) is 0 Å². The first-order chi connectivity index (χ1) is 10.3. The van der Waals surface area contributed by atoms with Gasteiger partial charge in [-0.05, 0) is 18.6 Å². The maximum absolute atomic E-state index is 13.9. The second-order valence-corrected chi connectivity index (χ2v) is 5.21. The summed E-state index contributed by atoms with van der Waals surface area (Å²) >= 11 is 0. The molecule has 0 radical (unpaired) electrons. The van der Waals surface area contributed by atoms with Crippen LogP contribution in [0.15, 0.2) is 12.1 Å². The Morgan fingerprint density at radius 3 is 2.23 bits per heavy atom. The fourth-order valence-corrected chi connectivity index (χ4v) is 2.65. The molecule has 0 amide bonds. The first-order valence-corrected chi connectivity index (χ1v) is 6.94. The number of benzene rings is 1. The summed E-state index contributed by atoms with van der Waals surface area (Å²) in [6.45, 7) is 1.69. The van der Waals surface area contributed by atoms with Crippen LogP contribution < -0.4 is 5.32 Å². The van der Waals surface area contributed by atoms with Gasteiger partial charge in [-0.1, -0.05) is 0 Å². The molecular weight excluding hydrogens is 310 g/mol. The number of hydrogen-bond donors (Lipinski definition) is 1. The molecule has 1 aliphatic heterocycles. The number of nitrogens with one attached hydrogen (secondary N) is 1. The van der Waals surface area contributed by atoms with Gasteiger partial charge in [-0.15, -0.1) is 0 Å². The van der Waals surface area contributed by atoms with Gasteiger partial charge in [0.2, 0.25) is 0 Å². The molecule has 2 nitrogen and oxygen atoms in total. The molecule has 1 aromatic carbocycles. The summed E-state index contributed by atoms with van der Waals surface area (Å²) in [6, 6.07) is 0.239. The van der Waals surface area contributed by atoms with E-state index in [1.165, 1.54) is 0 Å². The molecule has 1 aliphatic rings. The molecule has 124 valence electrons. The predicted octanol–water partition coefficient (Wildman–Crippen LogP) is 3.39. The Morgan fingerprint density at radius 2 is 1.64 bits per heavy atom. The quantitative estimate of drug-likeness (QED) is 0.674. The van der Waals surface area contributed by atoms with Crippen LogP contribution in [0.2, 0.25) is 0 Å². The van der Waals surface area contributed by atoms with Crippen molar-refractivity contribution >= 4 is 0 Å². The number of alkyl halides is 3. The Kier molecular flexibility index (Phi) is 5.33. The minimum atomic E-state index is -4.44. The average Bonchev–Trinajstić information content (AvgIpc) is 2.46. The minimum absolute atomic E-state index is 0.345. The Morgan fingerprint density at radius 1 is 1.05 bits per heavy atom. The van der Waals surface area contributed by atoms with Crippen LogP contribution >= 0.6 is 0 Å². The summed E-state index contributed by atoms with van der Waals surface area (Å²) in [4.78, 5) is 1.56. The van der Waals surface area contributed by atoms with Gasteiger partial charge in [0.15, 0.2) is 11.6 Å². The van der Waals surface area contributed by atoms with Crippen LogP contribution in [-0.4, -0.2) is 37.3 Å². The molecule has 0 spiro atoms. The Bertz CT molecular complexity index is 511. The van der Waals surface area contributed by atoms with Crippen LogP contribution in [0.5, 0.6) is 0 Å². The Balaban J connectivity index is 2.32. The molecule has 22 heavy (non-hydrogen) atoms. The van der Waals surface area contributed by atoms with Gasteiger partial charge >= 0.3 is 6.18 Å². The van der Waals surface area contributed by atoms with Crippen molar-refractivity contribution in [3.8, 4) is 0 Å². The lowest BCUT2D eigenvalue weighted by atomic mass is 9.98. The van der Waals surface area contributed by atoms with Gasteiger partial charge in [-0.25, -0.2) is 13.2 Å². The highest BCUT2D eigenvalue weighted by Crippen LogP contribution is 2.34. The lowest BCUT2D eigenvalue weighted by Crippen LogP contribution is -2.45. The summed E-state index contributed by atoms with van der Waals surface area (Å²) in [5.41, 5.74) is -0.619. The molecule has 0 saturated carbocycles. The van der Waals surface area contributed by atoms with Crippen molar-refractivity contribution in [2.45, 2.75) is 25.1 Å². The molecule has 1 saturated heterocycles. The first-order valence-electron chi connectivity index (χ1n) is 6.94. The van der Waals surface area contributed by atoms with E-state index in [4.69, 9.17) is 0 Å². The van der Waals surface area contributed by atoms with Gasteiger partial charge in [-0.3, -0.25) is 4.90 Å². The summed E-state index contributed by atoms with van der Waals surface area (Å²) in [6.07, 6.45) is -6.13. The van der Waals surface area contributed by atoms with Crippen LogP contribution in [0.1, 0.15) is 24.4 Å². The van der Waals surface area contributed by atoms with Crippen molar-refractivity contribution in [2.24, 2.45) is 0 Å². The van der Waals surface area contributed by atoms with Gasteiger partial charge in [-0.2, -0.15) is 13.2 Å². The van der Waals surface area contributed by atoms with E-state index in [0.717, 1.165) is 6.07 Å². The van der Waals surface area contributed by atoms with Crippen molar-refractivity contribution < 1.29 is 26.3 Å². The molecule has 0 unspecified atom stereocenters. The van der Waals surface area contributed by atoms with Crippen molar-refractivity contribution in [2.75, 3.05) is 26.2 Å². The Labute approximate surface area is 124 Å². The molecular formula is C14H16F6N2. The van der Waals surface area contributed by atoms with E-state index in [0.29, 0.717) is 32.2 Å². The number of rotatable bonds is 4. The first kappa shape index (κ1) is 17.1. The highest BCUT2D eigenvalue weighted by molar-refractivity contribution is 5.25. The highest BCUT2D eigenvalue weighted by atomic mass is 19.4. The normalized spacial score (nSPS) is 18.5. The van der Waals surface area contributed by atoms with E-state index in [1.54, 1.807) is 4.90 Å². The summed E-state index contributed by atoms with van der Waals surface area (Å²) in [7, 11) is 0. The number of nitrogens with zero attached hydrogens (tertiary/aromatic N) is 1. The molecule has 0 bridgehead atoms. The van der Waals surface area contributed by atoms with Crippen LogP contribution in [-0.2, 0) is 0 Å². The van der Waals surface area contributed by atoms with E-state index < -0.39 is 48.1 Å². The smallest absolute Gasteiger partial charge is 0.314 e. The van der Waals surface area contributed by atoms with Crippen LogP contribution in [0, 0.1) is 17.5 Å². The van der Waals surface area contributed by atoms with Crippen LogP contribution in [0.4, 0.5) is 26.3 Å². The second kappa shape index (κ2) is 6.87. The fraction of sp³-hybridized carbons (Fsp3) is 0.571. The average molecular weight is 326 g/mol. The van der Waals surface area contributed by atoms with Crippen molar-refractivity contribution in [3.63, 3.8) is 0 Å². The Hall–Kier alpha value is -1.28. The number of piperazine rings is 1. The number of halogens is 6. The zero-order chi connectivity index (χ0) is 16.3. The lowest BCUT2D eigenvalue weighted by Gasteiger charge is -2.35. The van der Waals surface area contributed by atoms with Crippen LogP contribution in [0.3, 0.4) is 0 Å². The van der Waals surface area contributed by atoms with E-state index in [9.17, 15) is 26.3 Å². The third-order valence-electron chi connectivity index (χ3n) is 3.71. The topological polar surface area (TPSA) is 15.3 Å². The van der Waals surface area contributed by atoms with Crippen molar-refractivity contribution in [1.82, 2.24) is 10.2 Å². The third kappa shape index (κ3) is 4.13. The maximum Gasteiger partial charge on any atom is 0.389 e. The zero-order valence-electron chi connectivity index (χ0n) is 11.7. The van der Waals surface area contributed by atoms with Gasteiger partial charge < -0.3 is 5.32 Å². The molecule has 8 heteroatoms. The van der Waals surface area contributed by atoms with Gasteiger partial charge in [0, 0.05) is 44.2 Å². The summed E-state index contributed by atoms with van der Waals surface area (Å²) < 4.78 is 78.7. The predicted molar refractivity (Wildman–Crippen MR) is 68.8 cm³/mol. The van der Waals surface area contributed by atoms with Gasteiger partial charge in [0.05, 0.1) is 0 Å². The molecule has 0 aromatic heterocycles. The van der Waals surface area contributed by atoms with Crippen LogP contribution in [0.25, 0.3) is 0 Å². The molecule has 2 rings (SSSR count). The minimum Gasteiger partial charge on any atom is -0.314 e. The highest BCUT2D eigenvalue weighted by Gasteiger charge is 2.34. The zero-order valence-corrected chi connectivity index (χ0v) is 11.7. The molecule has 1 atom stereocenters. The molecule has 1 N–H and O–H groups in total. The SMILES string of the molecule is Fc1ccc(F)c([C@H](CCC(F)(F)F)N2CCNCC2)c1F. The standard InChI is InChI=1S/C14H16F6N2/c15-9-1-2-10(16)13(17)12(9)11(3-4-14(18,19)20)22-7-5-21-6-8-22/h1-2,11,21H,3-8H2/t11-/m0/s1. The largest absolute Gasteiger partial charge is 0.389 e. The molecule has 1 aromatic rings. The third-order valence-corrected chi connectivity index (χ3v) is 3.71. The lowest BCUT2D eigenvalue weighted by molar-refractivity contribution is -0.138. The summed E-state index contributed by atoms with van der Waals surface area (Å²) in [5.74, 6) is -3.70. The second-order valence-electron chi connectivity index (χ2n) is 5.21. The monoisotopic (exact) mass is 326 g/mol. The molecule has 1 heterocycles. The van der Waals surface area contributed by atoms with Gasteiger partial charge in [0.1, 0.15) is 5.82 Å². The van der Waals surface area contributed by atoms with Crippen molar-refractivity contribution in [3.05, 3.63) is 35.1 Å². The van der Waals surface area contributed by atoms with Gasteiger partial charge in [0.25, 0.3) is 0 Å². The van der Waals surface area contributed by atoms with Crippen molar-refractivity contribution in [1.29, 1.82) is 0 Å². The maximum atomic E-state index is 13.9. The summed E-state index contributed by atoms with van der Waals surface area (Å²) in [5, 5.41) is 3.01. The van der Waals surface area contributed by atoms with E-state index >= 15 is 0 Å². The molecule has 1 fully saturated rings. The van der Waals surface area contributed by atoms with E-state index in [-0.39, 0.29) is 0 Å². The van der Waals surface area contributed by atoms with E-state index in [2.05, 4.69) is 5.32 Å². The number of hydrogen-bond acceptors (Lipinski definition) is 2.